The Morgan fingerprint density at radius 3 is 2.40 bits per heavy atom. The van der Waals surface area contributed by atoms with Crippen molar-refractivity contribution in [2.45, 2.75) is 49.5 Å². The molecule has 0 spiro atoms. The van der Waals surface area contributed by atoms with Crippen LogP contribution in [-0.2, 0) is 9.84 Å². The first kappa shape index (κ1) is 16.0. The standard InChI is InChI=1S/C15H22BrNO2S/c16-13-7-9-15(10-8-13)20(18,19)12-4-11-17-14-5-2-1-3-6-14/h7-10,14,17H,1-6,11-12H2. The molecule has 112 valence electrons. The van der Waals surface area contributed by atoms with Crippen molar-refractivity contribution in [2.75, 3.05) is 12.3 Å². The minimum atomic E-state index is -3.14. The van der Waals surface area contributed by atoms with E-state index >= 15 is 0 Å². The van der Waals surface area contributed by atoms with Gasteiger partial charge in [0.25, 0.3) is 0 Å². The lowest BCUT2D eigenvalue weighted by atomic mass is 9.95. The van der Waals surface area contributed by atoms with Crippen LogP contribution in [0.1, 0.15) is 38.5 Å². The van der Waals surface area contributed by atoms with Gasteiger partial charge >= 0.3 is 0 Å². The van der Waals surface area contributed by atoms with E-state index in [1.807, 2.05) is 0 Å². The van der Waals surface area contributed by atoms with Crippen LogP contribution in [0.2, 0.25) is 0 Å². The van der Waals surface area contributed by atoms with E-state index in [4.69, 9.17) is 0 Å². The second kappa shape index (κ2) is 7.57. The van der Waals surface area contributed by atoms with Gasteiger partial charge in [-0.05, 0) is 50.1 Å². The fourth-order valence-electron chi connectivity index (χ4n) is 2.63. The van der Waals surface area contributed by atoms with E-state index in [1.54, 1.807) is 24.3 Å². The Labute approximate surface area is 130 Å². The molecule has 3 nitrogen and oxygen atoms in total. The van der Waals surface area contributed by atoms with Crippen molar-refractivity contribution in [1.29, 1.82) is 0 Å². The summed E-state index contributed by atoms with van der Waals surface area (Å²) < 4.78 is 25.2. The Morgan fingerprint density at radius 1 is 1.10 bits per heavy atom. The Kier molecular flexibility index (Phi) is 6.05. The molecule has 5 heteroatoms. The number of halogens is 1. The van der Waals surface area contributed by atoms with Crippen molar-refractivity contribution in [1.82, 2.24) is 5.32 Å². The summed E-state index contributed by atoms with van der Waals surface area (Å²) in [7, 11) is -3.14. The lowest BCUT2D eigenvalue weighted by Gasteiger charge is -2.22. The van der Waals surface area contributed by atoms with Crippen molar-refractivity contribution in [3.63, 3.8) is 0 Å². The zero-order valence-corrected chi connectivity index (χ0v) is 14.0. The minimum Gasteiger partial charge on any atom is -0.314 e. The van der Waals surface area contributed by atoms with E-state index in [2.05, 4.69) is 21.2 Å². The third-order valence-corrected chi connectivity index (χ3v) is 6.15. The van der Waals surface area contributed by atoms with Crippen molar-refractivity contribution in [3.05, 3.63) is 28.7 Å². The number of sulfone groups is 1. The lowest BCUT2D eigenvalue weighted by Crippen LogP contribution is -2.32. The molecule has 2 rings (SSSR count). The molecule has 20 heavy (non-hydrogen) atoms. The Balaban J connectivity index is 1.76. The lowest BCUT2D eigenvalue weighted by molar-refractivity contribution is 0.374. The molecule has 1 aromatic carbocycles. The Morgan fingerprint density at radius 2 is 1.75 bits per heavy atom. The molecule has 1 fully saturated rings. The van der Waals surface area contributed by atoms with Crippen LogP contribution in [0.25, 0.3) is 0 Å². The van der Waals surface area contributed by atoms with E-state index in [-0.39, 0.29) is 5.75 Å². The number of benzene rings is 1. The Hall–Kier alpha value is -0.390. The van der Waals surface area contributed by atoms with Gasteiger partial charge in [0.1, 0.15) is 0 Å². The molecule has 0 heterocycles. The smallest absolute Gasteiger partial charge is 0.178 e. The van der Waals surface area contributed by atoms with Crippen LogP contribution >= 0.6 is 15.9 Å². The molecule has 1 aliphatic rings. The summed E-state index contributed by atoms with van der Waals surface area (Å²) in [5.41, 5.74) is 0. The molecule has 0 aliphatic heterocycles. The van der Waals surface area contributed by atoms with Crippen molar-refractivity contribution in [2.24, 2.45) is 0 Å². The minimum absolute atomic E-state index is 0.217. The number of hydrogen-bond acceptors (Lipinski definition) is 3. The first-order valence-corrected chi connectivity index (χ1v) is 9.74. The van der Waals surface area contributed by atoms with Crippen LogP contribution in [0.3, 0.4) is 0 Å². The second-order valence-corrected chi connectivity index (χ2v) is 8.44. The third-order valence-electron chi connectivity index (χ3n) is 3.80. The van der Waals surface area contributed by atoms with Crippen LogP contribution in [-0.4, -0.2) is 26.8 Å². The summed E-state index contributed by atoms with van der Waals surface area (Å²) in [6.07, 6.45) is 7.09. The van der Waals surface area contributed by atoms with Crippen molar-refractivity contribution < 1.29 is 8.42 Å². The Bertz CT molecular complexity index is 507. The molecule has 0 amide bonds. The fraction of sp³-hybridized carbons (Fsp3) is 0.600. The normalized spacial score (nSPS) is 17.2. The average molecular weight is 360 g/mol. The predicted molar refractivity (Wildman–Crippen MR) is 85.7 cm³/mol. The maximum Gasteiger partial charge on any atom is 0.178 e. The van der Waals surface area contributed by atoms with E-state index in [0.717, 1.165) is 11.0 Å². The fourth-order valence-corrected chi connectivity index (χ4v) is 4.21. The van der Waals surface area contributed by atoms with Gasteiger partial charge in [0, 0.05) is 10.5 Å². The van der Waals surface area contributed by atoms with E-state index in [9.17, 15) is 8.42 Å². The highest BCUT2D eigenvalue weighted by molar-refractivity contribution is 9.10. The zero-order chi connectivity index (χ0) is 14.4. The van der Waals surface area contributed by atoms with Gasteiger partial charge in [0.05, 0.1) is 10.6 Å². The molecule has 1 aromatic rings. The summed E-state index contributed by atoms with van der Waals surface area (Å²) in [4.78, 5) is 0.415. The highest BCUT2D eigenvalue weighted by Gasteiger charge is 2.15. The first-order valence-electron chi connectivity index (χ1n) is 7.30. The van der Waals surface area contributed by atoms with Crippen molar-refractivity contribution in [3.8, 4) is 0 Å². The summed E-state index contributed by atoms with van der Waals surface area (Å²) >= 11 is 3.32. The van der Waals surface area contributed by atoms with Gasteiger partial charge in [0.15, 0.2) is 9.84 Å². The van der Waals surface area contributed by atoms with Gasteiger partial charge in [-0.3, -0.25) is 0 Å². The van der Waals surface area contributed by atoms with E-state index < -0.39 is 9.84 Å². The topological polar surface area (TPSA) is 46.2 Å². The van der Waals surface area contributed by atoms with Gasteiger partial charge in [-0.25, -0.2) is 8.42 Å². The van der Waals surface area contributed by atoms with Crippen LogP contribution < -0.4 is 5.32 Å². The predicted octanol–water partition coefficient (Wildman–Crippen LogP) is 3.54. The van der Waals surface area contributed by atoms with E-state index in [0.29, 0.717) is 17.4 Å². The quantitative estimate of drug-likeness (QED) is 0.790. The molecule has 0 aromatic heterocycles. The number of rotatable bonds is 6. The average Bonchev–Trinajstić information content (AvgIpc) is 2.45. The van der Waals surface area contributed by atoms with Gasteiger partial charge in [0.2, 0.25) is 0 Å². The summed E-state index contributed by atoms with van der Waals surface area (Å²) in [5.74, 6) is 0.217. The number of hydrogen-bond donors (Lipinski definition) is 1. The molecule has 1 saturated carbocycles. The summed E-state index contributed by atoms with van der Waals surface area (Å²) in [6.45, 7) is 0.792. The first-order chi connectivity index (χ1) is 9.58. The number of nitrogens with one attached hydrogen (secondary N) is 1. The summed E-state index contributed by atoms with van der Waals surface area (Å²) in [5, 5.41) is 3.48. The van der Waals surface area contributed by atoms with Gasteiger partial charge < -0.3 is 5.32 Å². The summed E-state index contributed by atoms with van der Waals surface area (Å²) in [6, 6.07) is 7.46. The largest absolute Gasteiger partial charge is 0.314 e. The van der Waals surface area contributed by atoms with Crippen LogP contribution in [0.15, 0.2) is 33.6 Å². The maximum absolute atomic E-state index is 12.2. The monoisotopic (exact) mass is 359 g/mol. The molecular weight excluding hydrogens is 338 g/mol. The maximum atomic E-state index is 12.2. The second-order valence-electron chi connectivity index (χ2n) is 5.42. The van der Waals surface area contributed by atoms with Crippen LogP contribution in [0.4, 0.5) is 0 Å². The van der Waals surface area contributed by atoms with Gasteiger partial charge in [-0.1, -0.05) is 35.2 Å². The molecule has 1 aliphatic carbocycles. The highest BCUT2D eigenvalue weighted by Crippen LogP contribution is 2.18. The SMILES string of the molecule is O=S(=O)(CCCNC1CCCCC1)c1ccc(Br)cc1. The van der Waals surface area contributed by atoms with E-state index in [1.165, 1.54) is 32.1 Å². The van der Waals surface area contributed by atoms with Gasteiger partial charge in [-0.15, -0.1) is 0 Å². The van der Waals surface area contributed by atoms with Crippen molar-refractivity contribution >= 4 is 25.8 Å². The third kappa shape index (κ3) is 4.86. The van der Waals surface area contributed by atoms with Gasteiger partial charge in [-0.2, -0.15) is 0 Å². The molecular formula is C15H22BrNO2S. The molecule has 0 bridgehead atoms. The molecule has 0 atom stereocenters. The van der Waals surface area contributed by atoms with Crippen LogP contribution in [0, 0.1) is 0 Å². The molecule has 0 saturated heterocycles. The molecule has 1 N–H and O–H groups in total. The molecule has 0 unspecified atom stereocenters. The zero-order valence-electron chi connectivity index (χ0n) is 11.6. The molecule has 0 radical (unpaired) electrons. The highest BCUT2D eigenvalue weighted by atomic mass is 79.9. The van der Waals surface area contributed by atoms with Crippen LogP contribution in [0.5, 0.6) is 0 Å².